The lowest BCUT2D eigenvalue weighted by Gasteiger charge is -2.37. The molecular formula is C12H24O16. The van der Waals surface area contributed by atoms with Gasteiger partial charge in [0.15, 0.2) is 18.5 Å². The molecule has 16 nitrogen and oxygen atoms in total. The number of carbonyl (C=O) groups is 1. The number of aliphatic hydroxyl groups excluding tert-OH is 9. The molecule has 0 aliphatic carbocycles. The van der Waals surface area contributed by atoms with Crippen LogP contribution in [0, 0.1) is 9.93 Å². The molecule has 2 fully saturated rings. The number of ether oxygens (including phenoxy) is 2. The van der Waals surface area contributed by atoms with E-state index in [1.807, 2.05) is 0 Å². The van der Waals surface area contributed by atoms with Crippen LogP contribution in [0.3, 0.4) is 0 Å². The summed E-state index contributed by atoms with van der Waals surface area (Å²) in [6, 6.07) is 0. The van der Waals surface area contributed by atoms with Crippen LogP contribution < -0.4 is 0 Å². The van der Waals surface area contributed by atoms with Crippen LogP contribution in [0.2, 0.25) is 0 Å². The van der Waals surface area contributed by atoms with Crippen molar-refractivity contribution in [2.45, 2.75) is 55.1 Å². The fraction of sp³-hybridized carbons (Fsp3) is 0.917. The Hall–Kier alpha value is -1.41. The Morgan fingerprint density at radius 2 is 1.11 bits per heavy atom. The van der Waals surface area contributed by atoms with Crippen molar-refractivity contribution in [2.75, 3.05) is 13.2 Å². The van der Waals surface area contributed by atoms with Crippen molar-refractivity contribution in [2.24, 2.45) is 0 Å². The van der Waals surface area contributed by atoms with Gasteiger partial charge in [0, 0.05) is 9.93 Å². The zero-order chi connectivity index (χ0) is 22.6. The third kappa shape index (κ3) is 7.54. The molecule has 0 aromatic heterocycles. The number of cyclic esters (lactones) is 1. The highest BCUT2D eigenvalue weighted by molar-refractivity contribution is 5.76. The lowest BCUT2D eigenvalue weighted by molar-refractivity contribution is -0.286. The van der Waals surface area contributed by atoms with Crippen LogP contribution in [0.15, 0.2) is 0 Å². The van der Waals surface area contributed by atoms with Crippen molar-refractivity contribution < 1.29 is 70.7 Å². The maximum Gasteiger partial charge on any atom is 0.338 e. The minimum Gasteiger partial charge on any atom is -0.455 e. The van der Waals surface area contributed by atoms with Gasteiger partial charge in [0.1, 0.15) is 36.6 Å². The van der Waals surface area contributed by atoms with Gasteiger partial charge >= 0.3 is 5.97 Å². The van der Waals surface area contributed by atoms with Gasteiger partial charge in [-0.05, 0) is 0 Å². The first-order valence-corrected chi connectivity index (χ1v) is 7.36. The predicted molar refractivity (Wildman–Crippen MR) is 83.0 cm³/mol. The summed E-state index contributed by atoms with van der Waals surface area (Å²) < 4.78 is 8.96. The van der Waals surface area contributed by atoms with Crippen LogP contribution in [-0.4, -0.2) is 131 Å². The molecule has 11 N–H and O–H groups in total. The first kappa shape index (κ1) is 28.8. The first-order valence-electron chi connectivity index (χ1n) is 7.36. The summed E-state index contributed by atoms with van der Waals surface area (Å²) >= 11 is 0. The quantitative estimate of drug-likeness (QED) is 0.112. The van der Waals surface area contributed by atoms with Crippen LogP contribution in [0.25, 0.3) is 0 Å². The highest BCUT2D eigenvalue weighted by Crippen LogP contribution is 2.19. The Morgan fingerprint density at radius 1 is 0.679 bits per heavy atom. The van der Waals surface area contributed by atoms with E-state index in [2.05, 4.69) is 9.47 Å². The van der Waals surface area contributed by atoms with Crippen molar-refractivity contribution in [1.82, 2.24) is 0 Å². The van der Waals surface area contributed by atoms with Gasteiger partial charge in [0.2, 0.25) is 0 Å². The molecule has 28 heavy (non-hydrogen) atoms. The van der Waals surface area contributed by atoms with Crippen LogP contribution in [0.4, 0.5) is 0 Å². The lowest BCUT2D eigenvalue weighted by atomic mass is 10.00. The van der Waals surface area contributed by atoms with Crippen molar-refractivity contribution >= 4 is 5.97 Å². The van der Waals surface area contributed by atoms with Gasteiger partial charge in [0.25, 0.3) is 0 Å². The average molecular weight is 424 g/mol. The summed E-state index contributed by atoms with van der Waals surface area (Å²) in [4.78, 5) is 24.7. The largest absolute Gasteiger partial charge is 0.455 e. The fourth-order valence-electron chi connectivity index (χ4n) is 2.06. The molecule has 0 aromatic rings. The molecule has 0 radical (unpaired) electrons. The van der Waals surface area contributed by atoms with E-state index in [1.165, 1.54) is 0 Å². The SMILES string of the molecule is O=C1OC(CO)[C@@H](O)[C@H](O)C1O.O=O.OCC1O[C@@H](O)C(O)[C@@H](O)[C@@H]1O.OO. The van der Waals surface area contributed by atoms with Crippen LogP contribution >= 0.6 is 0 Å². The van der Waals surface area contributed by atoms with Crippen LogP contribution in [0.1, 0.15) is 0 Å². The lowest BCUT2D eigenvalue weighted by Crippen LogP contribution is -2.58. The Balaban J connectivity index is 0. The van der Waals surface area contributed by atoms with Crippen LogP contribution in [0.5, 0.6) is 0 Å². The van der Waals surface area contributed by atoms with Gasteiger partial charge in [-0.25, -0.2) is 4.79 Å². The summed E-state index contributed by atoms with van der Waals surface area (Å²) in [5, 5.41) is 92.2. The van der Waals surface area contributed by atoms with Gasteiger partial charge in [-0.2, -0.15) is 0 Å². The molecule has 16 heteroatoms. The Morgan fingerprint density at radius 3 is 1.54 bits per heavy atom. The second-order valence-electron chi connectivity index (χ2n) is 5.30. The van der Waals surface area contributed by atoms with Crippen molar-refractivity contribution in [3.8, 4) is 0 Å². The standard InChI is InChI=1S/C6H12O6.C6H10O6.H2O2.O2/c2*7-1-2-3(8)4(9)5(10)6(11)12-2;2*1-2/h2-11H,1H2;2-5,7-10H,1H2;1-2H;/t2?,3-,4+,5?,6-;2?,3-,4+,5?;;/m11../s1. The van der Waals surface area contributed by atoms with Crippen molar-refractivity contribution in [1.29, 1.82) is 0 Å². The molecule has 0 aromatic carbocycles. The molecule has 0 amide bonds. The second-order valence-corrected chi connectivity index (χ2v) is 5.30. The maximum atomic E-state index is 10.7. The third-order valence-electron chi connectivity index (χ3n) is 3.61. The highest BCUT2D eigenvalue weighted by Gasteiger charge is 2.43. The van der Waals surface area contributed by atoms with Gasteiger partial charge in [-0.3, -0.25) is 10.5 Å². The number of hydrogen-bond acceptors (Lipinski definition) is 16. The summed E-state index contributed by atoms with van der Waals surface area (Å²) in [7, 11) is 0. The number of carbonyl (C=O) groups excluding carboxylic acids is 1. The first-order chi connectivity index (χ1) is 13.1. The van der Waals surface area contributed by atoms with E-state index in [0.29, 0.717) is 0 Å². The molecule has 4 unspecified atom stereocenters. The van der Waals surface area contributed by atoms with E-state index in [-0.39, 0.29) is 0 Å². The molecule has 2 rings (SSSR count). The molecule has 0 bridgehead atoms. The average Bonchev–Trinajstić information content (AvgIpc) is 2.73. The Bertz CT molecular complexity index is 416. The molecule has 0 spiro atoms. The van der Waals surface area contributed by atoms with Gasteiger partial charge < -0.3 is 55.4 Å². The number of hydrogen-bond donors (Lipinski definition) is 11. The molecule has 2 saturated heterocycles. The fourth-order valence-corrected chi connectivity index (χ4v) is 2.06. The summed E-state index contributed by atoms with van der Waals surface area (Å²) in [5.41, 5.74) is 0. The van der Waals surface area contributed by atoms with Crippen LogP contribution in [-0.2, 0) is 14.3 Å². The summed E-state index contributed by atoms with van der Waals surface area (Å²) in [6.07, 6.45) is -13.0. The van der Waals surface area contributed by atoms with E-state index < -0.39 is 74.3 Å². The predicted octanol–water partition coefficient (Wildman–Crippen LogP) is -6.15. The van der Waals surface area contributed by atoms with Crippen molar-refractivity contribution in [3.63, 3.8) is 0 Å². The molecule has 2 heterocycles. The van der Waals surface area contributed by atoms with E-state index in [4.69, 9.17) is 66.4 Å². The number of aliphatic hydroxyl groups is 9. The van der Waals surface area contributed by atoms with E-state index in [1.54, 1.807) is 0 Å². The van der Waals surface area contributed by atoms with E-state index in [9.17, 15) is 4.79 Å². The Kier molecular flexibility index (Phi) is 15.0. The third-order valence-corrected chi connectivity index (χ3v) is 3.61. The second kappa shape index (κ2) is 14.6. The molecule has 2 aliphatic heterocycles. The molecule has 2 aliphatic rings. The van der Waals surface area contributed by atoms with Crippen molar-refractivity contribution in [3.05, 3.63) is 9.93 Å². The maximum absolute atomic E-state index is 10.7. The zero-order valence-electron chi connectivity index (χ0n) is 14.1. The number of esters is 1. The van der Waals surface area contributed by atoms with Gasteiger partial charge in [-0.1, -0.05) is 0 Å². The minimum atomic E-state index is -1.73. The Labute approximate surface area is 156 Å². The van der Waals surface area contributed by atoms with E-state index >= 15 is 0 Å². The van der Waals surface area contributed by atoms with E-state index in [0.717, 1.165) is 0 Å². The zero-order valence-corrected chi connectivity index (χ0v) is 14.1. The summed E-state index contributed by atoms with van der Waals surface area (Å²) in [6.45, 7) is -1.11. The molecule has 168 valence electrons. The van der Waals surface area contributed by atoms with Gasteiger partial charge in [-0.15, -0.1) is 0 Å². The molecular weight excluding hydrogens is 400 g/mol. The topological polar surface area (TPSA) is 292 Å². The smallest absolute Gasteiger partial charge is 0.338 e. The van der Waals surface area contributed by atoms with Gasteiger partial charge in [0.05, 0.1) is 13.2 Å². The number of rotatable bonds is 2. The molecule has 9 atom stereocenters. The molecule has 0 saturated carbocycles. The normalized spacial score (nSPS) is 39.7. The minimum absolute atomic E-state index is 0.526. The highest BCUT2D eigenvalue weighted by atomic mass is 17.0. The monoisotopic (exact) mass is 424 g/mol. The summed E-state index contributed by atoms with van der Waals surface area (Å²) in [5.74, 6) is -1.04.